The standard InChI is InChI=1S/C12H9NO4.K.H/c14-11(15)9-5-1-2-6-10(9)12(16)17-13-7-3-4-8-13;;/h1-8H,(H,14,15);;. The number of aromatic carboxylic acids is 1. The molecule has 2 aromatic rings. The van der Waals surface area contributed by atoms with Crippen LogP contribution in [0.5, 0.6) is 0 Å². The van der Waals surface area contributed by atoms with E-state index in [9.17, 15) is 9.59 Å². The van der Waals surface area contributed by atoms with Crippen LogP contribution in [0.25, 0.3) is 0 Å². The van der Waals surface area contributed by atoms with Gasteiger partial charge >= 0.3 is 63.3 Å². The van der Waals surface area contributed by atoms with E-state index in [0.29, 0.717) is 0 Å². The minimum atomic E-state index is -1.16. The van der Waals surface area contributed by atoms with Gasteiger partial charge in [0.2, 0.25) is 0 Å². The van der Waals surface area contributed by atoms with Gasteiger partial charge in [-0.05, 0) is 24.3 Å². The van der Waals surface area contributed by atoms with Crippen LogP contribution in [0, 0.1) is 0 Å². The Bertz CT molecular complexity index is 551. The van der Waals surface area contributed by atoms with Crippen molar-refractivity contribution in [2.24, 2.45) is 0 Å². The molecule has 1 aromatic heterocycles. The van der Waals surface area contributed by atoms with Crippen molar-refractivity contribution in [1.29, 1.82) is 0 Å². The van der Waals surface area contributed by atoms with E-state index >= 15 is 0 Å². The number of nitrogens with zero attached hydrogens (tertiary/aromatic N) is 1. The molecule has 0 unspecified atom stereocenters. The Labute approximate surface area is 146 Å². The molecule has 2 rings (SSSR count). The van der Waals surface area contributed by atoms with Crippen molar-refractivity contribution in [3.63, 3.8) is 0 Å². The van der Waals surface area contributed by atoms with Crippen LogP contribution in [0.3, 0.4) is 0 Å². The molecule has 0 amide bonds. The summed E-state index contributed by atoms with van der Waals surface area (Å²) in [6.45, 7) is 0. The topological polar surface area (TPSA) is 68.5 Å². The second kappa shape index (κ2) is 6.86. The summed E-state index contributed by atoms with van der Waals surface area (Å²) in [5, 5.41) is 8.93. The van der Waals surface area contributed by atoms with Crippen molar-refractivity contribution in [2.75, 3.05) is 0 Å². The molecule has 0 aliphatic heterocycles. The van der Waals surface area contributed by atoms with E-state index in [-0.39, 0.29) is 62.5 Å². The molecule has 6 heteroatoms. The molecule has 0 saturated carbocycles. The maximum atomic E-state index is 11.7. The zero-order valence-electron chi connectivity index (χ0n) is 8.74. The average Bonchev–Trinajstić information content (AvgIpc) is 2.81. The van der Waals surface area contributed by atoms with Crippen molar-refractivity contribution in [2.45, 2.75) is 0 Å². The van der Waals surface area contributed by atoms with Crippen molar-refractivity contribution in [3.8, 4) is 0 Å². The second-order valence-electron chi connectivity index (χ2n) is 3.27. The first-order chi connectivity index (χ1) is 8.18. The van der Waals surface area contributed by atoms with E-state index < -0.39 is 11.9 Å². The Morgan fingerprint density at radius 1 is 1.00 bits per heavy atom. The Morgan fingerprint density at radius 2 is 1.56 bits per heavy atom. The summed E-state index contributed by atoms with van der Waals surface area (Å²) < 4.78 is 1.21. The predicted molar refractivity (Wildman–Crippen MR) is 65.9 cm³/mol. The summed E-state index contributed by atoms with van der Waals surface area (Å²) in [5.41, 5.74) is -0.0571. The van der Waals surface area contributed by atoms with Gasteiger partial charge in [-0.15, -0.1) is 0 Å². The van der Waals surface area contributed by atoms with Gasteiger partial charge in [0.25, 0.3) is 0 Å². The molecule has 0 fully saturated rings. The number of hydrogen-bond donors (Lipinski definition) is 1. The zero-order valence-corrected chi connectivity index (χ0v) is 8.74. The molecular weight excluding hydrogens is 261 g/mol. The fourth-order valence-corrected chi connectivity index (χ4v) is 1.37. The van der Waals surface area contributed by atoms with Crippen molar-refractivity contribution in [1.82, 2.24) is 4.73 Å². The molecule has 0 aliphatic rings. The molecule has 0 spiro atoms. The van der Waals surface area contributed by atoms with E-state index in [0.717, 1.165) is 0 Å². The van der Waals surface area contributed by atoms with Crippen LogP contribution in [-0.4, -0.2) is 73.2 Å². The summed E-state index contributed by atoms with van der Waals surface area (Å²) >= 11 is 0. The third-order valence-electron chi connectivity index (χ3n) is 2.14. The summed E-state index contributed by atoms with van der Waals surface area (Å²) in [7, 11) is 0. The third kappa shape index (κ3) is 3.53. The van der Waals surface area contributed by atoms with E-state index in [1.54, 1.807) is 36.7 Å². The maximum absolute atomic E-state index is 11.7. The van der Waals surface area contributed by atoms with Crippen LogP contribution in [-0.2, 0) is 0 Å². The monoisotopic (exact) mass is 271 g/mol. The minimum absolute atomic E-state index is 0. The van der Waals surface area contributed by atoms with Crippen LogP contribution in [0.1, 0.15) is 20.7 Å². The number of carboxylic acid groups (broad SMARTS) is 1. The second-order valence-corrected chi connectivity index (χ2v) is 3.27. The Morgan fingerprint density at radius 3 is 2.11 bits per heavy atom. The van der Waals surface area contributed by atoms with Gasteiger partial charge in [-0.3, -0.25) is 0 Å². The van der Waals surface area contributed by atoms with E-state index in [4.69, 9.17) is 9.94 Å². The molecule has 1 N–H and O–H groups in total. The van der Waals surface area contributed by atoms with Crippen LogP contribution in [0.2, 0.25) is 0 Å². The third-order valence-corrected chi connectivity index (χ3v) is 2.14. The average molecular weight is 271 g/mol. The van der Waals surface area contributed by atoms with Gasteiger partial charge in [-0.25, -0.2) is 9.59 Å². The number of benzene rings is 1. The van der Waals surface area contributed by atoms with Gasteiger partial charge in [0.1, 0.15) is 0 Å². The molecule has 0 atom stereocenters. The number of carboxylic acids is 1. The number of aromatic nitrogens is 1. The number of carbonyl (C=O) groups excluding carboxylic acids is 1. The first-order valence-corrected chi connectivity index (χ1v) is 4.86. The molecule has 0 aliphatic carbocycles. The normalized spacial score (nSPS) is 9.33. The number of hydrogen-bond acceptors (Lipinski definition) is 3. The molecule has 5 nitrogen and oxygen atoms in total. The first-order valence-electron chi connectivity index (χ1n) is 4.86. The van der Waals surface area contributed by atoms with Gasteiger partial charge in [0, 0.05) is 12.4 Å². The SMILES string of the molecule is O=C(O)c1ccccc1C(=O)On1cccc1.[KH]. The summed E-state index contributed by atoms with van der Waals surface area (Å²) in [4.78, 5) is 27.6. The molecule has 1 heterocycles. The van der Waals surface area contributed by atoms with Gasteiger partial charge in [-0.2, -0.15) is 4.73 Å². The fraction of sp³-hybridized carbons (Fsp3) is 0. The Kier molecular flexibility index (Phi) is 5.77. The van der Waals surface area contributed by atoms with E-state index in [1.165, 1.54) is 16.9 Å². The Hall–Kier alpha value is -0.924. The van der Waals surface area contributed by atoms with Gasteiger partial charge in [0.15, 0.2) is 0 Å². The number of rotatable bonds is 3. The van der Waals surface area contributed by atoms with Crippen molar-refractivity contribution < 1.29 is 19.5 Å². The molecule has 1 aromatic carbocycles. The molecule has 0 radical (unpaired) electrons. The van der Waals surface area contributed by atoms with Crippen LogP contribution in [0.4, 0.5) is 0 Å². The first kappa shape index (κ1) is 15.1. The fourth-order valence-electron chi connectivity index (χ4n) is 1.37. The van der Waals surface area contributed by atoms with Crippen LogP contribution in [0.15, 0.2) is 48.8 Å². The molecule has 88 valence electrons. The van der Waals surface area contributed by atoms with Gasteiger partial charge < -0.3 is 9.94 Å². The molecule has 0 bridgehead atoms. The van der Waals surface area contributed by atoms with Crippen molar-refractivity contribution >= 4 is 63.3 Å². The number of carbonyl (C=O) groups is 2. The Balaban J connectivity index is 0.00000162. The van der Waals surface area contributed by atoms with Crippen LogP contribution < -0.4 is 4.84 Å². The van der Waals surface area contributed by atoms with E-state index in [2.05, 4.69) is 0 Å². The van der Waals surface area contributed by atoms with Gasteiger partial charge in [0.05, 0.1) is 11.1 Å². The quantitative estimate of drug-likeness (QED) is 0.839. The summed E-state index contributed by atoms with van der Waals surface area (Å²) in [6, 6.07) is 9.28. The molecule has 18 heavy (non-hydrogen) atoms. The van der Waals surface area contributed by atoms with Crippen molar-refractivity contribution in [3.05, 3.63) is 59.9 Å². The van der Waals surface area contributed by atoms with Gasteiger partial charge in [-0.1, -0.05) is 12.1 Å². The summed E-state index contributed by atoms with van der Waals surface area (Å²) in [5.74, 6) is -1.87. The zero-order chi connectivity index (χ0) is 12.3. The summed E-state index contributed by atoms with van der Waals surface area (Å²) in [6.07, 6.45) is 3.09. The predicted octanol–water partition coefficient (Wildman–Crippen LogP) is 0.807. The molecular formula is C12H10KNO4. The molecule has 0 saturated heterocycles. The van der Waals surface area contributed by atoms with Crippen LogP contribution >= 0.6 is 0 Å². The van der Waals surface area contributed by atoms with E-state index in [1.807, 2.05) is 0 Å².